The lowest BCUT2D eigenvalue weighted by molar-refractivity contribution is 0.388. The number of nitrogens with zero attached hydrogens (tertiary/aromatic N) is 1. The first-order chi connectivity index (χ1) is 10.0. The molecule has 21 heavy (non-hydrogen) atoms. The Balaban J connectivity index is 1.98. The first kappa shape index (κ1) is 16.3. The van der Waals surface area contributed by atoms with Gasteiger partial charge < -0.3 is 10.1 Å². The third-order valence-electron chi connectivity index (χ3n) is 3.92. The highest BCUT2D eigenvalue weighted by atomic mass is 32.2. The van der Waals surface area contributed by atoms with E-state index in [0.29, 0.717) is 6.54 Å². The number of sulfonamides is 1. The molecule has 0 unspecified atom stereocenters. The smallest absolute Gasteiger partial charge is 0.214 e. The highest BCUT2D eigenvalue weighted by molar-refractivity contribution is 7.89. The van der Waals surface area contributed by atoms with Crippen LogP contribution in [-0.4, -0.2) is 45.7 Å². The summed E-state index contributed by atoms with van der Waals surface area (Å²) in [5.74, 6) is 1.26. The van der Waals surface area contributed by atoms with E-state index in [0.717, 1.165) is 37.2 Å². The summed E-state index contributed by atoms with van der Waals surface area (Å²) in [6, 6.07) is 7.52. The number of methoxy groups -OCH3 is 1. The van der Waals surface area contributed by atoms with Crippen LogP contribution < -0.4 is 10.1 Å². The molecule has 0 bridgehead atoms. The molecule has 1 aromatic rings. The third kappa shape index (κ3) is 4.69. The van der Waals surface area contributed by atoms with Gasteiger partial charge in [-0.05, 0) is 49.5 Å². The second kappa shape index (κ2) is 7.24. The molecule has 0 spiro atoms. The van der Waals surface area contributed by atoms with Crippen LogP contribution in [0.5, 0.6) is 5.75 Å². The Kier molecular flexibility index (Phi) is 5.61. The summed E-state index contributed by atoms with van der Waals surface area (Å²) in [5.41, 5.74) is 0.936. The Morgan fingerprint density at radius 3 is 2.71 bits per heavy atom. The Morgan fingerprint density at radius 1 is 1.33 bits per heavy atom. The molecular weight excluding hydrogens is 288 g/mol. The minimum atomic E-state index is -3.21. The lowest BCUT2D eigenvalue weighted by atomic mass is 10.0. The zero-order valence-electron chi connectivity index (χ0n) is 12.7. The van der Waals surface area contributed by atoms with Gasteiger partial charge in [-0.2, -0.15) is 0 Å². The van der Waals surface area contributed by atoms with Gasteiger partial charge in [0.15, 0.2) is 0 Å². The largest absolute Gasteiger partial charge is 0.497 e. The van der Waals surface area contributed by atoms with Crippen LogP contribution in [0.4, 0.5) is 0 Å². The van der Waals surface area contributed by atoms with E-state index < -0.39 is 10.0 Å². The normalized spacial score (nSPS) is 17.1. The van der Waals surface area contributed by atoms with E-state index in [1.54, 1.807) is 14.2 Å². The highest BCUT2D eigenvalue weighted by Crippen LogP contribution is 2.19. The van der Waals surface area contributed by atoms with Crippen molar-refractivity contribution in [3.8, 4) is 5.75 Å². The highest BCUT2D eigenvalue weighted by Gasteiger charge is 2.24. The van der Waals surface area contributed by atoms with Crippen molar-refractivity contribution in [2.24, 2.45) is 5.92 Å². The molecule has 0 saturated carbocycles. The van der Waals surface area contributed by atoms with E-state index in [1.807, 2.05) is 24.3 Å². The number of ether oxygens (including phenoxy) is 1. The van der Waals surface area contributed by atoms with Crippen LogP contribution in [0.3, 0.4) is 0 Å². The van der Waals surface area contributed by atoms with E-state index in [4.69, 9.17) is 4.74 Å². The van der Waals surface area contributed by atoms with E-state index in [-0.39, 0.29) is 11.7 Å². The molecule has 1 fully saturated rings. The Labute approximate surface area is 127 Å². The number of rotatable bonds is 6. The molecule has 5 nitrogen and oxygen atoms in total. The van der Waals surface area contributed by atoms with Crippen LogP contribution in [-0.2, 0) is 16.6 Å². The zero-order valence-corrected chi connectivity index (χ0v) is 13.5. The molecule has 1 aromatic carbocycles. The molecular formula is C15H24N2O3S. The summed E-state index contributed by atoms with van der Waals surface area (Å²) in [6.45, 7) is 2.21. The number of hydrogen-bond acceptors (Lipinski definition) is 4. The van der Waals surface area contributed by atoms with Gasteiger partial charge in [0.25, 0.3) is 0 Å². The summed E-state index contributed by atoms with van der Waals surface area (Å²) >= 11 is 0. The van der Waals surface area contributed by atoms with Crippen molar-refractivity contribution in [2.45, 2.75) is 19.4 Å². The SMILES string of the molecule is COc1cccc(CN(C)S(=O)(=O)CC2CCNCC2)c1. The van der Waals surface area contributed by atoms with Gasteiger partial charge in [-0.15, -0.1) is 0 Å². The zero-order chi connectivity index (χ0) is 15.3. The van der Waals surface area contributed by atoms with Crippen LogP contribution in [0.15, 0.2) is 24.3 Å². The van der Waals surface area contributed by atoms with E-state index >= 15 is 0 Å². The first-order valence-corrected chi connectivity index (χ1v) is 8.90. The molecule has 0 amide bonds. The van der Waals surface area contributed by atoms with Crippen LogP contribution in [0.1, 0.15) is 18.4 Å². The lowest BCUT2D eigenvalue weighted by Crippen LogP contribution is -2.36. The van der Waals surface area contributed by atoms with Crippen LogP contribution in [0.2, 0.25) is 0 Å². The van der Waals surface area contributed by atoms with E-state index in [2.05, 4.69) is 5.32 Å². The summed E-state index contributed by atoms with van der Waals surface area (Å²) in [6.07, 6.45) is 1.87. The van der Waals surface area contributed by atoms with Gasteiger partial charge >= 0.3 is 0 Å². The van der Waals surface area contributed by atoms with Crippen molar-refractivity contribution in [2.75, 3.05) is 33.0 Å². The van der Waals surface area contributed by atoms with Crippen LogP contribution >= 0.6 is 0 Å². The maximum absolute atomic E-state index is 12.4. The third-order valence-corrected chi connectivity index (χ3v) is 5.89. The van der Waals surface area contributed by atoms with Crippen molar-refractivity contribution in [1.82, 2.24) is 9.62 Å². The molecule has 0 aliphatic carbocycles. The summed E-state index contributed by atoms with van der Waals surface area (Å²) in [5, 5.41) is 3.26. The van der Waals surface area contributed by atoms with Crippen molar-refractivity contribution in [1.29, 1.82) is 0 Å². The molecule has 118 valence electrons. The molecule has 1 saturated heterocycles. The quantitative estimate of drug-likeness (QED) is 0.864. The van der Waals surface area contributed by atoms with Crippen LogP contribution in [0, 0.1) is 5.92 Å². The predicted molar refractivity (Wildman–Crippen MR) is 83.8 cm³/mol. The van der Waals surface area contributed by atoms with E-state index in [9.17, 15) is 8.42 Å². The molecule has 1 aliphatic rings. The minimum Gasteiger partial charge on any atom is -0.497 e. The number of piperidine rings is 1. The Morgan fingerprint density at radius 2 is 2.05 bits per heavy atom. The predicted octanol–water partition coefficient (Wildman–Crippen LogP) is 1.46. The monoisotopic (exact) mass is 312 g/mol. The number of nitrogens with one attached hydrogen (secondary N) is 1. The van der Waals surface area contributed by atoms with E-state index in [1.165, 1.54) is 4.31 Å². The minimum absolute atomic E-state index is 0.245. The summed E-state index contributed by atoms with van der Waals surface area (Å²) < 4.78 is 31.5. The van der Waals surface area contributed by atoms with Gasteiger partial charge in [0.05, 0.1) is 12.9 Å². The molecule has 6 heteroatoms. The first-order valence-electron chi connectivity index (χ1n) is 7.29. The molecule has 1 aliphatic heterocycles. The van der Waals surface area contributed by atoms with Crippen molar-refractivity contribution < 1.29 is 13.2 Å². The van der Waals surface area contributed by atoms with Crippen molar-refractivity contribution in [3.63, 3.8) is 0 Å². The van der Waals surface area contributed by atoms with Crippen LogP contribution in [0.25, 0.3) is 0 Å². The molecule has 1 N–H and O–H groups in total. The topological polar surface area (TPSA) is 58.6 Å². The average Bonchev–Trinajstić information content (AvgIpc) is 2.48. The van der Waals surface area contributed by atoms with Gasteiger partial charge in [0, 0.05) is 13.6 Å². The second-order valence-corrected chi connectivity index (χ2v) is 7.70. The fourth-order valence-corrected chi connectivity index (χ4v) is 4.13. The lowest BCUT2D eigenvalue weighted by Gasteiger charge is -2.25. The summed E-state index contributed by atoms with van der Waals surface area (Å²) in [4.78, 5) is 0. The number of benzene rings is 1. The molecule has 2 rings (SSSR count). The van der Waals surface area contributed by atoms with Crippen molar-refractivity contribution in [3.05, 3.63) is 29.8 Å². The number of hydrogen-bond donors (Lipinski definition) is 1. The second-order valence-electron chi connectivity index (χ2n) is 5.58. The van der Waals surface area contributed by atoms with Gasteiger partial charge in [-0.25, -0.2) is 12.7 Å². The standard InChI is InChI=1S/C15H24N2O3S/c1-17(11-14-4-3-5-15(10-14)20-2)21(18,19)12-13-6-8-16-9-7-13/h3-5,10,13,16H,6-9,11-12H2,1-2H3. The van der Waals surface area contributed by atoms with Crippen molar-refractivity contribution >= 4 is 10.0 Å². The molecule has 0 radical (unpaired) electrons. The fraction of sp³-hybridized carbons (Fsp3) is 0.600. The Bertz CT molecular complexity index is 554. The molecule has 0 aromatic heterocycles. The van der Waals surface area contributed by atoms with Gasteiger partial charge in [-0.3, -0.25) is 0 Å². The molecule has 0 atom stereocenters. The Hall–Kier alpha value is -1.11. The summed E-state index contributed by atoms with van der Waals surface area (Å²) in [7, 11) is 0.0436. The maximum Gasteiger partial charge on any atom is 0.214 e. The van der Waals surface area contributed by atoms with Gasteiger partial charge in [0.2, 0.25) is 10.0 Å². The average molecular weight is 312 g/mol. The fourth-order valence-electron chi connectivity index (χ4n) is 2.60. The maximum atomic E-state index is 12.4. The van der Waals surface area contributed by atoms with Gasteiger partial charge in [-0.1, -0.05) is 12.1 Å². The van der Waals surface area contributed by atoms with Gasteiger partial charge in [0.1, 0.15) is 5.75 Å². The molecule has 1 heterocycles.